The zero-order valence-corrected chi connectivity index (χ0v) is 16.2. The number of hydrogen-bond donors (Lipinski definition) is 1. The molecule has 3 rings (SSSR count). The Kier molecular flexibility index (Phi) is 6.16. The number of piperidine rings is 1. The van der Waals surface area contributed by atoms with Crippen LogP contribution in [0.4, 0.5) is 5.69 Å². The van der Waals surface area contributed by atoms with E-state index in [1.165, 1.54) is 6.42 Å². The number of anilines is 1. The van der Waals surface area contributed by atoms with Crippen LogP contribution in [0.5, 0.6) is 11.5 Å². The summed E-state index contributed by atoms with van der Waals surface area (Å²) in [6, 6.07) is 7.66. The van der Waals surface area contributed by atoms with Gasteiger partial charge in [-0.05, 0) is 42.5 Å². The zero-order valence-electron chi connectivity index (χ0n) is 16.2. The quantitative estimate of drug-likeness (QED) is 0.843. The lowest BCUT2D eigenvalue weighted by atomic mass is 10.00. The summed E-state index contributed by atoms with van der Waals surface area (Å²) < 4.78 is 10.6. The van der Waals surface area contributed by atoms with Gasteiger partial charge in [-0.15, -0.1) is 0 Å². The third-order valence-electron chi connectivity index (χ3n) is 4.87. The summed E-state index contributed by atoms with van der Waals surface area (Å²) in [4.78, 5) is 18.9. The fraction of sp³-hybridized carbons (Fsp3) is 0.429. The van der Waals surface area contributed by atoms with Gasteiger partial charge in [0.2, 0.25) is 0 Å². The van der Waals surface area contributed by atoms with Gasteiger partial charge in [0.1, 0.15) is 0 Å². The Morgan fingerprint density at radius 1 is 1.22 bits per heavy atom. The number of ether oxygens (including phenoxy) is 2. The van der Waals surface area contributed by atoms with Crippen molar-refractivity contribution in [2.45, 2.75) is 26.3 Å². The van der Waals surface area contributed by atoms with E-state index < -0.39 is 0 Å². The van der Waals surface area contributed by atoms with Crippen molar-refractivity contribution in [1.82, 2.24) is 9.88 Å². The van der Waals surface area contributed by atoms with Gasteiger partial charge in [-0.1, -0.05) is 13.0 Å². The van der Waals surface area contributed by atoms with Crippen LogP contribution in [0.3, 0.4) is 0 Å². The fourth-order valence-electron chi connectivity index (χ4n) is 3.40. The highest BCUT2D eigenvalue weighted by molar-refractivity contribution is 5.94. The van der Waals surface area contributed by atoms with Gasteiger partial charge in [0.05, 0.1) is 25.5 Å². The number of nitrogens with one attached hydrogen (secondary N) is 1. The number of methoxy groups -OCH3 is 2. The predicted octanol–water partition coefficient (Wildman–Crippen LogP) is 3.58. The van der Waals surface area contributed by atoms with Gasteiger partial charge in [0.25, 0.3) is 5.91 Å². The van der Waals surface area contributed by atoms with Crippen molar-refractivity contribution in [3.63, 3.8) is 0 Å². The van der Waals surface area contributed by atoms with Crippen LogP contribution in [0, 0.1) is 5.92 Å². The van der Waals surface area contributed by atoms with Crippen molar-refractivity contribution in [3.05, 3.63) is 47.8 Å². The van der Waals surface area contributed by atoms with E-state index in [9.17, 15) is 4.79 Å². The van der Waals surface area contributed by atoms with Crippen molar-refractivity contribution < 1.29 is 14.3 Å². The number of likely N-dealkylation sites (tertiary alicyclic amines) is 1. The number of aromatic nitrogens is 1. The van der Waals surface area contributed by atoms with Crippen molar-refractivity contribution in [3.8, 4) is 11.5 Å². The van der Waals surface area contributed by atoms with Crippen LogP contribution in [0.15, 0.2) is 36.7 Å². The Morgan fingerprint density at radius 3 is 2.78 bits per heavy atom. The van der Waals surface area contributed by atoms with Crippen LogP contribution in [-0.4, -0.2) is 43.1 Å². The second kappa shape index (κ2) is 8.75. The molecule has 1 atom stereocenters. The van der Waals surface area contributed by atoms with Crippen molar-refractivity contribution in [2.75, 3.05) is 32.6 Å². The Bertz CT molecular complexity index is 794. The van der Waals surface area contributed by atoms with E-state index in [1.54, 1.807) is 26.6 Å². The van der Waals surface area contributed by atoms with Crippen LogP contribution in [0.25, 0.3) is 0 Å². The molecule has 2 heterocycles. The fourth-order valence-corrected chi connectivity index (χ4v) is 3.40. The third kappa shape index (κ3) is 4.70. The molecule has 2 aromatic rings. The average molecular weight is 369 g/mol. The Morgan fingerprint density at radius 2 is 2.04 bits per heavy atom. The highest BCUT2D eigenvalue weighted by Gasteiger charge is 2.22. The maximum atomic E-state index is 12.8. The molecule has 0 saturated carbocycles. The number of amides is 1. The van der Waals surface area contributed by atoms with Gasteiger partial charge in [-0.25, -0.2) is 0 Å². The minimum atomic E-state index is 0.0591. The topological polar surface area (TPSA) is 63.7 Å². The van der Waals surface area contributed by atoms with E-state index in [2.05, 4.69) is 17.2 Å². The molecule has 0 aliphatic carbocycles. The highest BCUT2D eigenvalue weighted by atomic mass is 16.5. The van der Waals surface area contributed by atoms with Crippen molar-refractivity contribution in [2.24, 2.45) is 5.92 Å². The Balaban J connectivity index is 1.66. The molecule has 1 unspecified atom stereocenters. The minimum absolute atomic E-state index is 0.0591. The van der Waals surface area contributed by atoms with Crippen molar-refractivity contribution >= 4 is 11.6 Å². The first-order valence-electron chi connectivity index (χ1n) is 9.30. The SMILES string of the molecule is COc1ccc(CNc2cncc(C(=O)N3CCCC(C)C3)c2)cc1OC. The van der Waals surface area contributed by atoms with E-state index in [-0.39, 0.29) is 5.91 Å². The molecule has 0 bridgehead atoms. The lowest BCUT2D eigenvalue weighted by Gasteiger charge is -2.31. The monoisotopic (exact) mass is 369 g/mol. The molecule has 0 spiro atoms. The number of rotatable bonds is 6. The molecule has 6 heteroatoms. The molecular weight excluding hydrogens is 342 g/mol. The first-order chi connectivity index (χ1) is 13.1. The second-order valence-corrected chi connectivity index (χ2v) is 7.00. The molecule has 27 heavy (non-hydrogen) atoms. The summed E-state index contributed by atoms with van der Waals surface area (Å²) in [5.74, 6) is 2.01. The summed E-state index contributed by atoms with van der Waals surface area (Å²) >= 11 is 0. The Hall–Kier alpha value is -2.76. The summed E-state index contributed by atoms with van der Waals surface area (Å²) in [5, 5.41) is 3.33. The van der Waals surface area contributed by atoms with E-state index in [0.717, 1.165) is 30.8 Å². The molecule has 144 valence electrons. The largest absolute Gasteiger partial charge is 0.493 e. The molecule has 1 saturated heterocycles. The number of carbonyl (C=O) groups is 1. The minimum Gasteiger partial charge on any atom is -0.493 e. The normalized spacial score (nSPS) is 16.7. The third-order valence-corrected chi connectivity index (χ3v) is 4.87. The van der Waals surface area contributed by atoms with E-state index >= 15 is 0 Å². The van der Waals surface area contributed by atoms with Gasteiger partial charge in [-0.2, -0.15) is 0 Å². The average Bonchev–Trinajstić information content (AvgIpc) is 2.71. The number of hydrogen-bond acceptors (Lipinski definition) is 5. The van der Waals surface area contributed by atoms with Crippen LogP contribution >= 0.6 is 0 Å². The Labute approximate surface area is 160 Å². The molecule has 1 fully saturated rings. The molecule has 1 aliphatic rings. The lowest BCUT2D eigenvalue weighted by molar-refractivity contribution is 0.0682. The predicted molar refractivity (Wildman–Crippen MR) is 105 cm³/mol. The van der Waals surface area contributed by atoms with Crippen LogP contribution in [0.2, 0.25) is 0 Å². The molecular formula is C21H27N3O3. The molecule has 1 N–H and O–H groups in total. The van der Waals surface area contributed by atoms with Crippen LogP contribution in [-0.2, 0) is 6.54 Å². The summed E-state index contributed by atoms with van der Waals surface area (Å²) in [6.45, 7) is 4.44. The smallest absolute Gasteiger partial charge is 0.255 e. The first kappa shape index (κ1) is 19.0. The summed E-state index contributed by atoms with van der Waals surface area (Å²) in [5.41, 5.74) is 2.50. The molecule has 1 aromatic heterocycles. The number of pyridine rings is 1. The molecule has 1 aliphatic heterocycles. The van der Waals surface area contributed by atoms with E-state index in [0.29, 0.717) is 29.5 Å². The summed E-state index contributed by atoms with van der Waals surface area (Å²) in [6.07, 6.45) is 5.63. The lowest BCUT2D eigenvalue weighted by Crippen LogP contribution is -2.39. The van der Waals surface area contributed by atoms with Crippen molar-refractivity contribution in [1.29, 1.82) is 0 Å². The van der Waals surface area contributed by atoms with Crippen LogP contribution in [0.1, 0.15) is 35.7 Å². The molecule has 1 amide bonds. The van der Waals surface area contributed by atoms with Gasteiger partial charge in [0.15, 0.2) is 11.5 Å². The maximum Gasteiger partial charge on any atom is 0.255 e. The van der Waals surface area contributed by atoms with Gasteiger partial charge in [-0.3, -0.25) is 9.78 Å². The maximum absolute atomic E-state index is 12.8. The van der Waals surface area contributed by atoms with Gasteiger partial charge >= 0.3 is 0 Å². The number of nitrogens with zero attached hydrogens (tertiary/aromatic N) is 2. The summed E-state index contributed by atoms with van der Waals surface area (Å²) in [7, 11) is 3.24. The van der Waals surface area contributed by atoms with Gasteiger partial charge in [0, 0.05) is 32.0 Å². The second-order valence-electron chi connectivity index (χ2n) is 7.00. The van der Waals surface area contributed by atoms with Crippen LogP contribution < -0.4 is 14.8 Å². The standard InChI is InChI=1S/C21H27N3O3/c1-15-5-4-8-24(14-15)21(25)17-10-18(13-22-12-17)23-11-16-6-7-19(26-2)20(9-16)27-3/h6-7,9-10,12-13,15,23H,4-5,8,11,14H2,1-3H3. The van der Waals surface area contributed by atoms with E-state index in [4.69, 9.17) is 9.47 Å². The highest BCUT2D eigenvalue weighted by Crippen LogP contribution is 2.28. The molecule has 1 aromatic carbocycles. The first-order valence-corrected chi connectivity index (χ1v) is 9.30. The molecule has 0 radical (unpaired) electrons. The zero-order chi connectivity index (χ0) is 19.2. The number of benzene rings is 1. The molecule has 6 nitrogen and oxygen atoms in total. The number of carbonyl (C=O) groups excluding carboxylic acids is 1. The van der Waals surface area contributed by atoms with E-state index in [1.807, 2.05) is 29.2 Å². The van der Waals surface area contributed by atoms with Gasteiger partial charge < -0.3 is 19.7 Å².